The fraction of sp³-hybridized carbons (Fsp3) is 0.378. The Kier molecular flexibility index (Phi) is 10.6. The molecular formula is C45H48F3N9O3. The molecule has 0 saturated carbocycles. The molecule has 0 radical (unpaired) electrons. The van der Waals surface area contributed by atoms with Crippen LogP contribution in [0.25, 0.3) is 21.9 Å². The zero-order valence-electron chi connectivity index (χ0n) is 33.7. The Labute approximate surface area is 346 Å². The minimum absolute atomic E-state index is 0.209. The number of urea groups is 1. The van der Waals surface area contributed by atoms with Crippen LogP contribution >= 0.6 is 0 Å². The molecule has 4 aliphatic rings. The molecule has 12 nitrogen and oxygen atoms in total. The Hall–Kier alpha value is -6.09. The van der Waals surface area contributed by atoms with Gasteiger partial charge in [-0.2, -0.15) is 13.2 Å². The Morgan fingerprint density at radius 2 is 1.63 bits per heavy atom. The van der Waals surface area contributed by atoms with Crippen molar-refractivity contribution >= 4 is 57.0 Å². The van der Waals surface area contributed by atoms with Gasteiger partial charge in [0.05, 0.1) is 5.56 Å². The van der Waals surface area contributed by atoms with Gasteiger partial charge >= 0.3 is 12.2 Å². The van der Waals surface area contributed by atoms with E-state index in [4.69, 9.17) is 4.74 Å². The van der Waals surface area contributed by atoms with Gasteiger partial charge in [-0.05, 0) is 103 Å². The largest absolute Gasteiger partial charge is 0.474 e. The third-order valence-electron chi connectivity index (χ3n) is 12.3. The number of nitrogens with zero attached hydrogens (tertiary/aromatic N) is 6. The van der Waals surface area contributed by atoms with Crippen LogP contribution in [-0.2, 0) is 11.0 Å². The second-order valence-corrected chi connectivity index (χ2v) is 16.2. The fourth-order valence-corrected chi connectivity index (χ4v) is 9.00. The number of pyridine rings is 2. The minimum atomic E-state index is -4.53. The first-order valence-electron chi connectivity index (χ1n) is 20.7. The maximum atomic E-state index is 14.6. The Morgan fingerprint density at radius 1 is 0.833 bits per heavy atom. The summed E-state index contributed by atoms with van der Waals surface area (Å²) in [4.78, 5) is 41.3. The quantitative estimate of drug-likeness (QED) is 0.142. The number of carbonyl (C=O) groups is 2. The molecule has 0 spiro atoms. The van der Waals surface area contributed by atoms with Crippen LogP contribution in [-0.4, -0.2) is 92.3 Å². The van der Waals surface area contributed by atoms with Gasteiger partial charge in [-0.15, -0.1) is 0 Å². The number of anilines is 6. The van der Waals surface area contributed by atoms with Gasteiger partial charge in [0.2, 0.25) is 11.8 Å². The zero-order chi connectivity index (χ0) is 41.5. The number of nitrogens with one attached hydrogen (secondary N) is 3. The number of alkyl halides is 3. The van der Waals surface area contributed by atoms with E-state index >= 15 is 0 Å². The molecule has 3 N–H and O–H groups in total. The first-order valence-corrected chi connectivity index (χ1v) is 20.7. The highest BCUT2D eigenvalue weighted by Crippen LogP contribution is 2.41. The predicted molar refractivity (Wildman–Crippen MR) is 229 cm³/mol. The first kappa shape index (κ1) is 39.4. The number of piperidine rings is 1. The van der Waals surface area contributed by atoms with Gasteiger partial charge in [0.1, 0.15) is 18.1 Å². The summed E-state index contributed by atoms with van der Waals surface area (Å²) in [6.07, 6.45) is 0.931. The summed E-state index contributed by atoms with van der Waals surface area (Å²) in [6.45, 7) is 11.2. The van der Waals surface area contributed by atoms with Gasteiger partial charge in [-0.1, -0.05) is 12.1 Å². The monoisotopic (exact) mass is 819 g/mol. The van der Waals surface area contributed by atoms with Gasteiger partial charge in [0.15, 0.2) is 0 Å². The molecule has 2 aromatic heterocycles. The summed E-state index contributed by atoms with van der Waals surface area (Å²) in [5.74, 6) is 1.21. The summed E-state index contributed by atoms with van der Waals surface area (Å²) in [7, 11) is 0. The standard InChI is InChI=1S/C45H48F3N9O3/c1-28-21-35(6-8-38(28)57-15-11-41(58)53-44(57)59)55-18-16-54(17-19-55)27-30-9-13-56(14-10-30)39-7-5-34(24-37(39)45(46,47)48)52-40-23-33-22-31(3-4-32(33)25-50-40)36-26-51-43-42(29(36)2)49-12-20-60-43/h3-8,21-26,30,49H,9-20,27H2,1-2H3,(H,50,52)(H,53,58,59). The number of aromatic nitrogens is 2. The lowest BCUT2D eigenvalue weighted by Crippen LogP contribution is -2.50. The van der Waals surface area contributed by atoms with Crippen molar-refractivity contribution in [2.45, 2.75) is 39.3 Å². The molecule has 5 aromatic rings. The molecule has 3 fully saturated rings. The molecule has 0 atom stereocenters. The molecule has 3 aromatic carbocycles. The number of imide groups is 1. The molecule has 0 unspecified atom stereocenters. The van der Waals surface area contributed by atoms with Gasteiger partial charge < -0.3 is 25.2 Å². The second kappa shape index (κ2) is 16.2. The number of ether oxygens (including phenoxy) is 1. The summed E-state index contributed by atoms with van der Waals surface area (Å²) in [6, 6.07) is 18.1. The third kappa shape index (κ3) is 8.10. The highest BCUT2D eigenvalue weighted by molar-refractivity contribution is 6.06. The summed E-state index contributed by atoms with van der Waals surface area (Å²) in [5.41, 5.74) is 6.62. The minimum Gasteiger partial charge on any atom is -0.474 e. The van der Waals surface area contributed by atoms with Gasteiger partial charge in [-0.25, -0.2) is 14.8 Å². The highest BCUT2D eigenvalue weighted by atomic mass is 19.4. The lowest BCUT2D eigenvalue weighted by atomic mass is 9.94. The van der Waals surface area contributed by atoms with Crippen molar-refractivity contribution < 1.29 is 27.5 Å². The number of hydrogen-bond acceptors (Lipinski definition) is 10. The van der Waals surface area contributed by atoms with Crippen LogP contribution in [0.3, 0.4) is 0 Å². The molecule has 3 amide bonds. The van der Waals surface area contributed by atoms with Crippen molar-refractivity contribution in [3.63, 3.8) is 0 Å². The van der Waals surface area contributed by atoms with Crippen molar-refractivity contribution in [2.75, 3.05) is 90.8 Å². The van der Waals surface area contributed by atoms with Gasteiger partial charge in [-0.3, -0.25) is 19.9 Å². The topological polar surface area (TPSA) is 118 Å². The van der Waals surface area contributed by atoms with Crippen LogP contribution in [0.2, 0.25) is 0 Å². The molecule has 3 saturated heterocycles. The number of benzene rings is 3. The van der Waals surface area contributed by atoms with Crippen LogP contribution in [0.1, 0.15) is 36.0 Å². The molecular weight excluding hydrogens is 772 g/mol. The maximum absolute atomic E-state index is 14.6. The van der Waals surface area contributed by atoms with Crippen LogP contribution in [0, 0.1) is 19.8 Å². The van der Waals surface area contributed by atoms with E-state index < -0.39 is 11.7 Å². The average molecular weight is 820 g/mol. The Morgan fingerprint density at radius 3 is 2.40 bits per heavy atom. The second-order valence-electron chi connectivity index (χ2n) is 16.2. The molecule has 6 heterocycles. The highest BCUT2D eigenvalue weighted by Gasteiger charge is 2.36. The Balaban J connectivity index is 0.810. The number of rotatable bonds is 8. The molecule has 15 heteroatoms. The van der Waals surface area contributed by atoms with Crippen molar-refractivity contribution in [1.29, 1.82) is 0 Å². The fourth-order valence-electron chi connectivity index (χ4n) is 9.00. The van der Waals surface area contributed by atoms with Crippen LogP contribution in [0.4, 0.5) is 52.2 Å². The first-order chi connectivity index (χ1) is 29.0. The van der Waals surface area contributed by atoms with E-state index in [2.05, 4.69) is 41.8 Å². The molecule has 60 heavy (non-hydrogen) atoms. The Bertz CT molecular complexity index is 2450. The SMILES string of the molecule is Cc1cc(N2CCN(CC3CCN(c4ccc(Nc5cc6cc(-c7cnc8c(c7C)NCCO8)ccc6cn5)cc4C(F)(F)F)CC3)CC2)ccc1N1CCC(=O)NC1=O. The van der Waals surface area contributed by atoms with E-state index in [9.17, 15) is 22.8 Å². The summed E-state index contributed by atoms with van der Waals surface area (Å²) in [5, 5.41) is 10.7. The van der Waals surface area contributed by atoms with Gasteiger partial charge in [0, 0.05) is 111 Å². The molecule has 9 rings (SSSR count). The maximum Gasteiger partial charge on any atom is 0.418 e. The number of aryl methyl sites for hydroxylation is 1. The average Bonchev–Trinajstić information content (AvgIpc) is 3.24. The number of halogens is 3. The van der Waals surface area contributed by atoms with Crippen molar-refractivity contribution in [2.24, 2.45) is 5.92 Å². The van der Waals surface area contributed by atoms with Crippen LogP contribution in [0.15, 0.2) is 73.1 Å². The molecule has 4 aliphatic heterocycles. The smallest absolute Gasteiger partial charge is 0.418 e. The van der Waals surface area contributed by atoms with E-state index in [0.717, 1.165) is 95.7 Å². The summed E-state index contributed by atoms with van der Waals surface area (Å²) >= 11 is 0. The molecule has 0 bridgehead atoms. The van der Waals surface area contributed by atoms with E-state index in [1.165, 1.54) is 6.07 Å². The zero-order valence-corrected chi connectivity index (χ0v) is 33.7. The molecule has 0 aliphatic carbocycles. The van der Waals surface area contributed by atoms with E-state index in [0.29, 0.717) is 56.1 Å². The number of amides is 3. The van der Waals surface area contributed by atoms with Crippen LogP contribution in [0.5, 0.6) is 5.88 Å². The lowest BCUT2D eigenvalue weighted by Gasteiger charge is -2.40. The number of piperazine rings is 1. The number of hydrogen-bond donors (Lipinski definition) is 3. The lowest BCUT2D eigenvalue weighted by molar-refractivity contribution is -0.137. The van der Waals surface area contributed by atoms with Crippen molar-refractivity contribution in [3.05, 3.63) is 89.7 Å². The number of carbonyl (C=O) groups excluding carboxylic acids is 2. The van der Waals surface area contributed by atoms with Crippen LogP contribution < -0.4 is 35.4 Å². The molecule has 312 valence electrons. The van der Waals surface area contributed by atoms with Gasteiger partial charge in [0.25, 0.3) is 0 Å². The van der Waals surface area contributed by atoms with E-state index in [1.54, 1.807) is 23.2 Å². The normalized spacial score (nSPS) is 17.9. The van der Waals surface area contributed by atoms with E-state index in [-0.39, 0.29) is 24.0 Å². The predicted octanol–water partition coefficient (Wildman–Crippen LogP) is 7.97. The number of fused-ring (bicyclic) bond motifs is 2. The third-order valence-corrected chi connectivity index (χ3v) is 12.3. The summed E-state index contributed by atoms with van der Waals surface area (Å²) < 4.78 is 49.6. The van der Waals surface area contributed by atoms with E-state index in [1.807, 2.05) is 61.3 Å². The van der Waals surface area contributed by atoms with Crippen molar-refractivity contribution in [3.8, 4) is 17.0 Å². The van der Waals surface area contributed by atoms with Crippen molar-refractivity contribution in [1.82, 2.24) is 20.2 Å².